The molecule has 1 aliphatic heterocycles. The number of halogens is 1. The molecule has 3 aromatic heterocycles. The van der Waals surface area contributed by atoms with E-state index >= 15 is 0 Å². The van der Waals surface area contributed by atoms with Crippen molar-refractivity contribution in [2.45, 2.75) is 26.6 Å². The Morgan fingerprint density at radius 3 is 3.00 bits per heavy atom. The SMILES string of the molecule is Cc1c(C#N)cccc1-c1nc(N)c(F)c(-c2cn(Cc3cc4n(n3)CCOC4)nn2)n1. The standard InChI is InChI=1S/C21H18FN9O/c1-12-13(8-23)3-2-4-16(12)21-25-19(18(22)20(24)26-21)17-10-30(29-27-17)9-14-7-15-11-32-6-5-31(15)28-14/h2-4,7,10H,5-6,9,11H2,1H3,(H2,24,25,26). The summed E-state index contributed by atoms with van der Waals surface area (Å²) in [6, 6.07) is 9.24. The molecule has 10 nitrogen and oxygen atoms in total. The van der Waals surface area contributed by atoms with Crippen LogP contribution in [0.3, 0.4) is 0 Å². The van der Waals surface area contributed by atoms with E-state index in [1.54, 1.807) is 36.0 Å². The summed E-state index contributed by atoms with van der Waals surface area (Å²) in [6.45, 7) is 4.01. The van der Waals surface area contributed by atoms with Crippen molar-refractivity contribution >= 4 is 5.82 Å². The zero-order valence-corrected chi connectivity index (χ0v) is 17.2. The van der Waals surface area contributed by atoms with Gasteiger partial charge in [-0.05, 0) is 24.6 Å². The van der Waals surface area contributed by atoms with Gasteiger partial charge in [0, 0.05) is 5.56 Å². The molecule has 0 atom stereocenters. The molecule has 0 fully saturated rings. The molecule has 0 saturated heterocycles. The molecule has 160 valence electrons. The van der Waals surface area contributed by atoms with Crippen molar-refractivity contribution in [1.82, 2.24) is 34.7 Å². The van der Waals surface area contributed by atoms with Crippen molar-refractivity contribution in [2.24, 2.45) is 0 Å². The second-order valence-corrected chi connectivity index (χ2v) is 7.39. The van der Waals surface area contributed by atoms with Crippen LogP contribution in [-0.4, -0.2) is 41.3 Å². The minimum absolute atomic E-state index is 0.0574. The maximum Gasteiger partial charge on any atom is 0.193 e. The molecule has 0 saturated carbocycles. The highest BCUT2D eigenvalue weighted by Gasteiger charge is 2.20. The number of nitriles is 1. The van der Waals surface area contributed by atoms with E-state index in [1.807, 2.05) is 10.7 Å². The first-order chi connectivity index (χ1) is 15.5. The summed E-state index contributed by atoms with van der Waals surface area (Å²) >= 11 is 0. The van der Waals surface area contributed by atoms with Crippen molar-refractivity contribution in [1.29, 1.82) is 5.26 Å². The average Bonchev–Trinajstić information content (AvgIpc) is 3.42. The Morgan fingerprint density at radius 1 is 1.31 bits per heavy atom. The molecule has 11 heteroatoms. The third kappa shape index (κ3) is 3.46. The normalized spacial score (nSPS) is 13.0. The Bertz CT molecular complexity index is 1340. The number of nitrogen functional groups attached to an aromatic ring is 1. The number of hydrogen-bond acceptors (Lipinski definition) is 8. The highest BCUT2D eigenvalue weighted by Crippen LogP contribution is 2.28. The van der Waals surface area contributed by atoms with Gasteiger partial charge in [0.05, 0.1) is 55.5 Å². The van der Waals surface area contributed by atoms with E-state index in [4.69, 9.17) is 10.5 Å². The van der Waals surface area contributed by atoms with Crippen LogP contribution in [0.15, 0.2) is 30.5 Å². The van der Waals surface area contributed by atoms with Crippen LogP contribution in [0.25, 0.3) is 22.8 Å². The maximum absolute atomic E-state index is 14.8. The minimum Gasteiger partial charge on any atom is -0.381 e. The van der Waals surface area contributed by atoms with E-state index in [1.165, 1.54) is 0 Å². The predicted molar refractivity (Wildman–Crippen MR) is 111 cm³/mol. The molecular formula is C21H18FN9O. The largest absolute Gasteiger partial charge is 0.381 e. The van der Waals surface area contributed by atoms with Gasteiger partial charge in [-0.3, -0.25) is 4.68 Å². The summed E-state index contributed by atoms with van der Waals surface area (Å²) in [4.78, 5) is 8.44. The molecule has 32 heavy (non-hydrogen) atoms. The Hall–Kier alpha value is -4.17. The Kier molecular flexibility index (Phi) is 4.84. The number of rotatable bonds is 4. The molecular weight excluding hydrogens is 413 g/mol. The van der Waals surface area contributed by atoms with Crippen LogP contribution in [0.2, 0.25) is 0 Å². The average molecular weight is 431 g/mol. The Labute approximate surface area is 182 Å². The fraction of sp³-hybridized carbons (Fsp3) is 0.238. The number of aromatic nitrogens is 7. The van der Waals surface area contributed by atoms with Crippen LogP contribution in [-0.2, 0) is 24.4 Å². The van der Waals surface area contributed by atoms with E-state index < -0.39 is 5.82 Å². The number of nitrogens with two attached hydrogens (primary N) is 1. The molecule has 4 heterocycles. The molecule has 0 aliphatic carbocycles. The lowest BCUT2D eigenvalue weighted by Gasteiger charge is -2.12. The van der Waals surface area contributed by atoms with Crippen molar-refractivity contribution in [3.8, 4) is 28.8 Å². The van der Waals surface area contributed by atoms with Gasteiger partial charge in [0.25, 0.3) is 0 Å². The van der Waals surface area contributed by atoms with Crippen molar-refractivity contribution in [3.63, 3.8) is 0 Å². The lowest BCUT2D eigenvalue weighted by atomic mass is 10.0. The molecule has 0 spiro atoms. The van der Waals surface area contributed by atoms with Gasteiger partial charge in [0.2, 0.25) is 0 Å². The molecule has 2 N–H and O–H groups in total. The van der Waals surface area contributed by atoms with Crippen LogP contribution >= 0.6 is 0 Å². The third-order valence-electron chi connectivity index (χ3n) is 5.29. The van der Waals surface area contributed by atoms with Crippen LogP contribution in [0, 0.1) is 24.1 Å². The van der Waals surface area contributed by atoms with Gasteiger partial charge in [0.1, 0.15) is 11.4 Å². The van der Waals surface area contributed by atoms with Gasteiger partial charge in [-0.25, -0.2) is 19.0 Å². The Balaban J connectivity index is 1.49. The first-order valence-corrected chi connectivity index (χ1v) is 9.90. The van der Waals surface area contributed by atoms with Crippen LogP contribution < -0.4 is 5.73 Å². The maximum atomic E-state index is 14.8. The first-order valence-electron chi connectivity index (χ1n) is 9.90. The zero-order chi connectivity index (χ0) is 22.2. The predicted octanol–water partition coefficient (Wildman–Crippen LogP) is 2.08. The molecule has 0 bridgehead atoms. The van der Waals surface area contributed by atoms with E-state index in [0.717, 1.165) is 11.4 Å². The van der Waals surface area contributed by atoms with Crippen molar-refractivity contribution in [3.05, 3.63) is 58.8 Å². The van der Waals surface area contributed by atoms with Gasteiger partial charge >= 0.3 is 0 Å². The summed E-state index contributed by atoms with van der Waals surface area (Å²) in [7, 11) is 0. The first kappa shape index (κ1) is 19.8. The fourth-order valence-corrected chi connectivity index (χ4v) is 3.63. The van der Waals surface area contributed by atoms with Crippen LogP contribution in [0.1, 0.15) is 22.5 Å². The van der Waals surface area contributed by atoms with Crippen molar-refractivity contribution in [2.75, 3.05) is 12.3 Å². The molecule has 4 aromatic rings. The molecule has 1 aliphatic rings. The van der Waals surface area contributed by atoms with Gasteiger partial charge in [-0.1, -0.05) is 17.3 Å². The number of benzene rings is 1. The number of hydrogen-bond donors (Lipinski definition) is 1. The van der Waals surface area contributed by atoms with Gasteiger partial charge in [-0.2, -0.15) is 10.4 Å². The fourth-order valence-electron chi connectivity index (χ4n) is 3.63. The molecule has 0 radical (unpaired) electrons. The lowest BCUT2D eigenvalue weighted by Crippen LogP contribution is -2.17. The zero-order valence-electron chi connectivity index (χ0n) is 17.2. The van der Waals surface area contributed by atoms with E-state index in [9.17, 15) is 9.65 Å². The number of ether oxygens (including phenoxy) is 1. The van der Waals surface area contributed by atoms with E-state index in [2.05, 4.69) is 31.4 Å². The van der Waals surface area contributed by atoms with E-state index in [-0.39, 0.29) is 23.0 Å². The molecule has 0 unspecified atom stereocenters. The van der Waals surface area contributed by atoms with E-state index in [0.29, 0.717) is 43.0 Å². The topological polar surface area (TPSA) is 133 Å². The van der Waals surface area contributed by atoms with Gasteiger partial charge < -0.3 is 10.5 Å². The highest BCUT2D eigenvalue weighted by molar-refractivity contribution is 5.69. The molecule has 0 amide bonds. The monoisotopic (exact) mass is 431 g/mol. The summed E-state index contributed by atoms with van der Waals surface area (Å²) in [5, 5.41) is 22.0. The van der Waals surface area contributed by atoms with Crippen LogP contribution in [0.4, 0.5) is 10.2 Å². The van der Waals surface area contributed by atoms with Gasteiger partial charge in [0.15, 0.2) is 17.5 Å². The number of nitrogens with zero attached hydrogens (tertiary/aromatic N) is 8. The second-order valence-electron chi connectivity index (χ2n) is 7.39. The van der Waals surface area contributed by atoms with Gasteiger partial charge in [-0.15, -0.1) is 5.10 Å². The smallest absolute Gasteiger partial charge is 0.193 e. The van der Waals surface area contributed by atoms with Crippen LogP contribution in [0.5, 0.6) is 0 Å². The quantitative estimate of drug-likeness (QED) is 0.519. The second kappa shape index (κ2) is 7.82. The minimum atomic E-state index is -0.774. The molecule has 1 aromatic carbocycles. The summed E-state index contributed by atoms with van der Waals surface area (Å²) in [5.41, 5.74) is 9.56. The summed E-state index contributed by atoms with van der Waals surface area (Å²) in [6.07, 6.45) is 1.59. The lowest BCUT2D eigenvalue weighted by molar-refractivity contribution is 0.0800. The molecule has 5 rings (SSSR count). The number of anilines is 1. The van der Waals surface area contributed by atoms with Crippen molar-refractivity contribution < 1.29 is 9.13 Å². The highest BCUT2D eigenvalue weighted by atomic mass is 19.1. The number of fused-ring (bicyclic) bond motifs is 1. The summed E-state index contributed by atoms with van der Waals surface area (Å²) < 4.78 is 23.7. The Morgan fingerprint density at radius 2 is 2.19 bits per heavy atom. The summed E-state index contributed by atoms with van der Waals surface area (Å²) in [5.74, 6) is -0.864. The third-order valence-corrected chi connectivity index (χ3v) is 5.29.